The maximum atomic E-state index is 13.0. The summed E-state index contributed by atoms with van der Waals surface area (Å²) in [5.74, 6) is -0.812. The maximum Gasteiger partial charge on any atom is 0.270 e. The highest BCUT2D eigenvalue weighted by Gasteiger charge is 2.24. The fourth-order valence-electron chi connectivity index (χ4n) is 3.12. The molecule has 6 heteroatoms. The average Bonchev–Trinajstić information content (AvgIpc) is 2.77. The minimum Gasteiger partial charge on any atom is -0.335 e. The third kappa shape index (κ3) is 4.47. The first-order chi connectivity index (χ1) is 14.6. The second-order valence-corrected chi connectivity index (χ2v) is 7.14. The quantitative estimate of drug-likeness (QED) is 0.482. The highest BCUT2D eigenvalue weighted by molar-refractivity contribution is 6.30. The van der Waals surface area contributed by atoms with E-state index in [-0.39, 0.29) is 11.6 Å². The molecule has 0 fully saturated rings. The molecule has 0 aliphatic carbocycles. The third-order valence-corrected chi connectivity index (χ3v) is 4.83. The number of nitrogens with zero attached hydrogens (tertiary/aromatic N) is 1. The molecule has 0 spiro atoms. The predicted octanol–water partition coefficient (Wildman–Crippen LogP) is 5.00. The van der Waals surface area contributed by atoms with E-state index in [9.17, 15) is 9.59 Å². The Morgan fingerprint density at radius 2 is 1.60 bits per heavy atom. The van der Waals surface area contributed by atoms with Crippen LogP contribution in [0, 0.1) is 0 Å². The molecule has 0 radical (unpaired) electrons. The molecule has 148 valence electrons. The van der Waals surface area contributed by atoms with Crippen LogP contribution in [-0.4, -0.2) is 16.8 Å². The first kappa shape index (κ1) is 19.6. The molecule has 1 aromatic heterocycles. The fourth-order valence-corrected chi connectivity index (χ4v) is 3.31. The molecule has 2 amide bonds. The zero-order valence-corrected chi connectivity index (χ0v) is 16.6. The van der Waals surface area contributed by atoms with E-state index in [0.717, 1.165) is 5.39 Å². The topological polar surface area (TPSA) is 71.1 Å². The number of carbonyl (C=O) groups is 2. The summed E-state index contributed by atoms with van der Waals surface area (Å²) in [7, 11) is 0. The fraction of sp³-hybridized carbons (Fsp3) is 0.0417. The number of rotatable bonds is 5. The van der Waals surface area contributed by atoms with Gasteiger partial charge in [0.15, 0.2) is 0 Å². The van der Waals surface area contributed by atoms with Crippen molar-refractivity contribution in [2.45, 2.75) is 6.04 Å². The Kier molecular flexibility index (Phi) is 5.72. The zero-order chi connectivity index (χ0) is 20.9. The Balaban J connectivity index is 1.60. The first-order valence-corrected chi connectivity index (χ1v) is 9.76. The summed E-state index contributed by atoms with van der Waals surface area (Å²) < 4.78 is 0. The van der Waals surface area contributed by atoms with Crippen LogP contribution in [0.1, 0.15) is 22.1 Å². The largest absolute Gasteiger partial charge is 0.335 e. The Labute approximate surface area is 178 Å². The molecule has 5 nitrogen and oxygen atoms in total. The van der Waals surface area contributed by atoms with Gasteiger partial charge in [-0.1, -0.05) is 72.3 Å². The number of carbonyl (C=O) groups excluding carboxylic acids is 2. The van der Waals surface area contributed by atoms with Crippen LogP contribution >= 0.6 is 11.6 Å². The molecular weight excluding hydrogens is 398 g/mol. The van der Waals surface area contributed by atoms with Crippen LogP contribution in [0.15, 0.2) is 91.0 Å². The molecule has 0 saturated carbocycles. The smallest absolute Gasteiger partial charge is 0.270 e. The van der Waals surface area contributed by atoms with Crippen molar-refractivity contribution in [1.82, 2.24) is 10.3 Å². The van der Waals surface area contributed by atoms with Crippen LogP contribution < -0.4 is 10.6 Å². The van der Waals surface area contributed by atoms with Gasteiger partial charge in [0.2, 0.25) is 0 Å². The summed E-state index contributed by atoms with van der Waals surface area (Å²) in [6, 6.07) is 26.0. The molecule has 1 atom stereocenters. The van der Waals surface area contributed by atoms with E-state index >= 15 is 0 Å². The van der Waals surface area contributed by atoms with Gasteiger partial charge in [0.1, 0.15) is 11.7 Å². The van der Waals surface area contributed by atoms with Gasteiger partial charge in [-0.05, 0) is 35.9 Å². The van der Waals surface area contributed by atoms with E-state index < -0.39 is 11.9 Å². The molecular formula is C24H18ClN3O2. The number of amides is 2. The van der Waals surface area contributed by atoms with Crippen LogP contribution in [0.2, 0.25) is 5.02 Å². The molecule has 30 heavy (non-hydrogen) atoms. The van der Waals surface area contributed by atoms with Crippen molar-refractivity contribution in [3.05, 3.63) is 107 Å². The van der Waals surface area contributed by atoms with Gasteiger partial charge in [0.05, 0.1) is 5.52 Å². The molecule has 4 aromatic rings. The van der Waals surface area contributed by atoms with E-state index in [0.29, 0.717) is 21.8 Å². The molecule has 2 N–H and O–H groups in total. The van der Waals surface area contributed by atoms with Crippen molar-refractivity contribution in [2.75, 3.05) is 5.32 Å². The van der Waals surface area contributed by atoms with Gasteiger partial charge in [0, 0.05) is 16.1 Å². The lowest BCUT2D eigenvalue weighted by atomic mass is 10.1. The summed E-state index contributed by atoms with van der Waals surface area (Å²) in [6.45, 7) is 0. The van der Waals surface area contributed by atoms with Crippen LogP contribution in [0.5, 0.6) is 0 Å². The SMILES string of the molecule is O=C(N[C@@H](C(=O)Nc1cccc(Cl)c1)c1ccccc1)c1ccc2ccccc2n1. The number of benzene rings is 3. The van der Waals surface area contributed by atoms with Crippen LogP contribution in [0.4, 0.5) is 5.69 Å². The number of pyridine rings is 1. The van der Waals surface area contributed by atoms with E-state index in [1.807, 2.05) is 48.5 Å². The van der Waals surface area contributed by atoms with Gasteiger partial charge in [0.25, 0.3) is 11.8 Å². The number of anilines is 1. The first-order valence-electron chi connectivity index (χ1n) is 9.38. The number of aromatic nitrogens is 1. The number of hydrogen-bond donors (Lipinski definition) is 2. The molecule has 0 aliphatic heterocycles. The van der Waals surface area contributed by atoms with Gasteiger partial charge < -0.3 is 10.6 Å². The molecule has 0 aliphatic rings. The van der Waals surface area contributed by atoms with Gasteiger partial charge in [-0.2, -0.15) is 0 Å². The summed E-state index contributed by atoms with van der Waals surface area (Å²) in [5.41, 5.74) is 2.16. The normalized spacial score (nSPS) is 11.6. The van der Waals surface area contributed by atoms with Gasteiger partial charge >= 0.3 is 0 Å². The maximum absolute atomic E-state index is 13.0. The van der Waals surface area contributed by atoms with Gasteiger partial charge in [-0.3, -0.25) is 9.59 Å². The molecule has 4 rings (SSSR count). The summed E-state index contributed by atoms with van der Waals surface area (Å²) in [6.07, 6.45) is 0. The molecule has 1 heterocycles. The van der Waals surface area contributed by atoms with Gasteiger partial charge in [-0.25, -0.2) is 4.98 Å². The minimum absolute atomic E-state index is 0.241. The highest BCUT2D eigenvalue weighted by Crippen LogP contribution is 2.20. The van der Waals surface area contributed by atoms with Crippen LogP contribution in [-0.2, 0) is 4.79 Å². The molecule has 0 saturated heterocycles. The van der Waals surface area contributed by atoms with E-state index in [1.54, 1.807) is 42.5 Å². The lowest BCUT2D eigenvalue weighted by molar-refractivity contribution is -0.118. The predicted molar refractivity (Wildman–Crippen MR) is 118 cm³/mol. The van der Waals surface area contributed by atoms with E-state index in [4.69, 9.17) is 11.6 Å². The third-order valence-electron chi connectivity index (χ3n) is 4.59. The standard InChI is InChI=1S/C24H18ClN3O2/c25-18-10-6-11-19(15-18)26-24(30)22(17-8-2-1-3-9-17)28-23(29)21-14-13-16-7-4-5-12-20(16)27-21/h1-15,22H,(H,26,30)(H,28,29)/t22-/m1/s1. The van der Waals surface area contributed by atoms with E-state index in [2.05, 4.69) is 15.6 Å². The lowest BCUT2D eigenvalue weighted by Gasteiger charge is -2.19. The Hall–Kier alpha value is -3.70. The van der Waals surface area contributed by atoms with Crippen molar-refractivity contribution < 1.29 is 9.59 Å². The van der Waals surface area contributed by atoms with Crippen molar-refractivity contribution in [1.29, 1.82) is 0 Å². The highest BCUT2D eigenvalue weighted by atomic mass is 35.5. The van der Waals surface area contributed by atoms with E-state index in [1.165, 1.54) is 0 Å². The number of hydrogen-bond acceptors (Lipinski definition) is 3. The molecule has 3 aromatic carbocycles. The summed E-state index contributed by atoms with van der Waals surface area (Å²) in [5, 5.41) is 7.06. The second kappa shape index (κ2) is 8.76. The number of fused-ring (bicyclic) bond motifs is 1. The monoisotopic (exact) mass is 415 g/mol. The molecule has 0 bridgehead atoms. The zero-order valence-electron chi connectivity index (χ0n) is 15.9. The Morgan fingerprint density at radius 1 is 0.833 bits per heavy atom. The number of halogens is 1. The average molecular weight is 416 g/mol. The second-order valence-electron chi connectivity index (χ2n) is 6.71. The van der Waals surface area contributed by atoms with Crippen LogP contribution in [0.25, 0.3) is 10.9 Å². The van der Waals surface area contributed by atoms with Crippen molar-refractivity contribution >= 4 is 40.0 Å². The number of para-hydroxylation sites is 1. The Bertz CT molecular complexity index is 1210. The molecule has 0 unspecified atom stereocenters. The minimum atomic E-state index is -0.897. The van der Waals surface area contributed by atoms with Crippen molar-refractivity contribution in [2.24, 2.45) is 0 Å². The van der Waals surface area contributed by atoms with Crippen LogP contribution in [0.3, 0.4) is 0 Å². The van der Waals surface area contributed by atoms with Crippen molar-refractivity contribution in [3.63, 3.8) is 0 Å². The summed E-state index contributed by atoms with van der Waals surface area (Å²) >= 11 is 6.01. The lowest BCUT2D eigenvalue weighted by Crippen LogP contribution is -2.37. The number of nitrogens with one attached hydrogen (secondary N) is 2. The Morgan fingerprint density at radius 3 is 2.40 bits per heavy atom. The summed E-state index contributed by atoms with van der Waals surface area (Å²) in [4.78, 5) is 30.3. The van der Waals surface area contributed by atoms with Crippen molar-refractivity contribution in [3.8, 4) is 0 Å². The van der Waals surface area contributed by atoms with Gasteiger partial charge in [-0.15, -0.1) is 0 Å².